The third-order valence-corrected chi connectivity index (χ3v) is 3.87. The number of rotatable bonds is 5. The number of carbonyl (C=O) groups is 1. The van der Waals surface area contributed by atoms with Crippen molar-refractivity contribution in [2.45, 2.75) is 32.3 Å². The van der Waals surface area contributed by atoms with Crippen LogP contribution in [0.3, 0.4) is 0 Å². The first-order chi connectivity index (χ1) is 10.8. The molecular weight excluding hydrogens is 276 g/mol. The fourth-order valence-corrected chi connectivity index (χ4v) is 2.72. The number of benzene rings is 2. The normalized spacial score (nSPS) is 15.4. The molecular formula is C19H20O3. The van der Waals surface area contributed by atoms with E-state index in [1.54, 1.807) is 0 Å². The van der Waals surface area contributed by atoms with Crippen LogP contribution in [0.2, 0.25) is 0 Å². The van der Waals surface area contributed by atoms with Gasteiger partial charge in [0.1, 0.15) is 11.9 Å². The molecule has 1 aliphatic rings. The van der Waals surface area contributed by atoms with Crippen molar-refractivity contribution in [3.63, 3.8) is 0 Å². The van der Waals surface area contributed by atoms with E-state index in [-0.39, 0.29) is 18.5 Å². The molecule has 3 rings (SSSR count). The van der Waals surface area contributed by atoms with Gasteiger partial charge in [-0.3, -0.25) is 4.79 Å². The fraction of sp³-hybridized carbons (Fsp3) is 0.316. The van der Waals surface area contributed by atoms with Crippen molar-refractivity contribution in [1.82, 2.24) is 0 Å². The predicted octanol–water partition coefficient (Wildman–Crippen LogP) is 4.52. The van der Waals surface area contributed by atoms with Gasteiger partial charge in [-0.05, 0) is 18.1 Å². The zero-order valence-electron chi connectivity index (χ0n) is 12.7. The quantitative estimate of drug-likeness (QED) is 0.601. The van der Waals surface area contributed by atoms with Crippen LogP contribution in [0.5, 0.6) is 5.75 Å². The summed E-state index contributed by atoms with van der Waals surface area (Å²) in [5, 5.41) is 0. The summed E-state index contributed by atoms with van der Waals surface area (Å²) in [5.74, 6) is 0.625. The van der Waals surface area contributed by atoms with Crippen molar-refractivity contribution >= 4 is 5.97 Å². The molecule has 0 saturated carbocycles. The number of hydrogen-bond acceptors (Lipinski definition) is 3. The van der Waals surface area contributed by atoms with E-state index in [0.717, 1.165) is 35.3 Å². The van der Waals surface area contributed by atoms with E-state index in [4.69, 9.17) is 9.47 Å². The van der Waals surface area contributed by atoms with E-state index in [1.807, 2.05) is 42.5 Å². The Bertz CT molecular complexity index is 663. The molecule has 3 heteroatoms. The lowest BCUT2D eigenvalue weighted by molar-refractivity contribution is -0.145. The highest BCUT2D eigenvalue weighted by Crippen LogP contribution is 2.43. The summed E-state index contributed by atoms with van der Waals surface area (Å²) in [6.07, 6.45) is 1.88. The largest absolute Gasteiger partial charge is 0.484 e. The molecule has 0 radical (unpaired) electrons. The summed E-state index contributed by atoms with van der Waals surface area (Å²) in [7, 11) is 0. The van der Waals surface area contributed by atoms with Gasteiger partial charge in [0.15, 0.2) is 0 Å². The molecule has 2 aromatic rings. The number of fused-ring (bicyclic) bond motifs is 3. The van der Waals surface area contributed by atoms with Crippen LogP contribution in [0.1, 0.15) is 37.9 Å². The average molecular weight is 296 g/mol. The molecule has 0 amide bonds. The molecule has 22 heavy (non-hydrogen) atoms. The highest BCUT2D eigenvalue weighted by atomic mass is 16.5. The van der Waals surface area contributed by atoms with Crippen molar-refractivity contribution in [2.24, 2.45) is 0 Å². The highest BCUT2D eigenvalue weighted by Gasteiger charge is 2.27. The Morgan fingerprint density at radius 1 is 1.09 bits per heavy atom. The molecule has 0 aliphatic carbocycles. The summed E-state index contributed by atoms with van der Waals surface area (Å²) >= 11 is 0. The second kappa shape index (κ2) is 6.65. The van der Waals surface area contributed by atoms with Gasteiger partial charge in [-0.1, -0.05) is 55.8 Å². The maximum Gasteiger partial charge on any atom is 0.309 e. The number of ether oxygens (including phenoxy) is 2. The summed E-state index contributed by atoms with van der Waals surface area (Å²) in [5.41, 5.74) is 3.26. The minimum Gasteiger partial charge on any atom is -0.484 e. The molecule has 0 aromatic heterocycles. The summed E-state index contributed by atoms with van der Waals surface area (Å²) < 4.78 is 11.3. The minimum atomic E-state index is -0.278. The predicted molar refractivity (Wildman–Crippen MR) is 85.7 cm³/mol. The second-order valence-electron chi connectivity index (χ2n) is 5.47. The Labute approximate surface area is 130 Å². The maximum atomic E-state index is 12.0. The van der Waals surface area contributed by atoms with E-state index in [2.05, 4.69) is 13.0 Å². The van der Waals surface area contributed by atoms with Crippen LogP contribution < -0.4 is 4.74 Å². The lowest BCUT2D eigenvalue weighted by Gasteiger charge is -2.28. The molecule has 3 nitrogen and oxygen atoms in total. The summed E-state index contributed by atoms with van der Waals surface area (Å²) in [6, 6.07) is 16.0. The van der Waals surface area contributed by atoms with Crippen molar-refractivity contribution in [2.75, 3.05) is 6.61 Å². The second-order valence-corrected chi connectivity index (χ2v) is 5.47. The maximum absolute atomic E-state index is 12.0. The molecule has 114 valence electrons. The van der Waals surface area contributed by atoms with Gasteiger partial charge in [0.2, 0.25) is 0 Å². The molecule has 1 atom stereocenters. The standard InChI is InChI=1S/C19H20O3/c1-2-3-12-21-19(20)13-18-16-10-5-4-8-14(16)15-9-6-7-11-17(15)22-18/h4-11,18H,2-3,12-13H2,1H3. The van der Waals surface area contributed by atoms with Crippen molar-refractivity contribution in [1.29, 1.82) is 0 Å². The van der Waals surface area contributed by atoms with Gasteiger partial charge in [-0.2, -0.15) is 0 Å². The van der Waals surface area contributed by atoms with Crippen LogP contribution in [0.15, 0.2) is 48.5 Å². The third kappa shape index (κ3) is 2.98. The molecule has 0 N–H and O–H groups in total. The van der Waals surface area contributed by atoms with Gasteiger partial charge in [0.05, 0.1) is 13.0 Å². The molecule has 0 bridgehead atoms. The van der Waals surface area contributed by atoms with Crippen molar-refractivity contribution in [3.8, 4) is 16.9 Å². The number of unbranched alkanes of at least 4 members (excludes halogenated alkanes) is 1. The van der Waals surface area contributed by atoms with Gasteiger partial charge in [-0.15, -0.1) is 0 Å². The molecule has 2 aromatic carbocycles. The Morgan fingerprint density at radius 3 is 2.64 bits per heavy atom. The van der Waals surface area contributed by atoms with Crippen LogP contribution in [0.25, 0.3) is 11.1 Å². The molecule has 0 saturated heterocycles. The van der Waals surface area contributed by atoms with Crippen LogP contribution in [-0.4, -0.2) is 12.6 Å². The van der Waals surface area contributed by atoms with Gasteiger partial charge in [-0.25, -0.2) is 0 Å². The third-order valence-electron chi connectivity index (χ3n) is 3.87. The van der Waals surface area contributed by atoms with Crippen LogP contribution in [0.4, 0.5) is 0 Å². The van der Waals surface area contributed by atoms with E-state index in [9.17, 15) is 4.79 Å². The molecule has 1 unspecified atom stereocenters. The summed E-state index contributed by atoms with van der Waals surface area (Å²) in [4.78, 5) is 12.0. The first-order valence-corrected chi connectivity index (χ1v) is 7.80. The van der Waals surface area contributed by atoms with E-state index < -0.39 is 0 Å². The van der Waals surface area contributed by atoms with Gasteiger partial charge < -0.3 is 9.47 Å². The average Bonchev–Trinajstić information content (AvgIpc) is 2.55. The van der Waals surface area contributed by atoms with Crippen molar-refractivity contribution < 1.29 is 14.3 Å². The Hall–Kier alpha value is -2.29. The van der Waals surface area contributed by atoms with Crippen LogP contribution in [0, 0.1) is 0 Å². The molecule has 1 heterocycles. The van der Waals surface area contributed by atoms with Crippen LogP contribution >= 0.6 is 0 Å². The van der Waals surface area contributed by atoms with Gasteiger partial charge in [0, 0.05) is 11.1 Å². The Balaban J connectivity index is 1.81. The van der Waals surface area contributed by atoms with E-state index in [1.165, 1.54) is 0 Å². The number of esters is 1. The lowest BCUT2D eigenvalue weighted by atomic mass is 9.91. The SMILES string of the molecule is CCCCOC(=O)CC1Oc2ccccc2-c2ccccc21. The number of para-hydroxylation sites is 1. The first-order valence-electron chi connectivity index (χ1n) is 7.80. The van der Waals surface area contributed by atoms with Crippen molar-refractivity contribution in [3.05, 3.63) is 54.1 Å². The zero-order chi connectivity index (χ0) is 15.4. The minimum absolute atomic E-state index is 0.201. The lowest BCUT2D eigenvalue weighted by Crippen LogP contribution is -2.19. The Morgan fingerprint density at radius 2 is 1.82 bits per heavy atom. The fourth-order valence-electron chi connectivity index (χ4n) is 2.72. The topological polar surface area (TPSA) is 35.5 Å². The van der Waals surface area contributed by atoms with E-state index >= 15 is 0 Å². The summed E-state index contributed by atoms with van der Waals surface area (Å²) in [6.45, 7) is 2.56. The monoisotopic (exact) mass is 296 g/mol. The Kier molecular flexibility index (Phi) is 4.42. The van der Waals surface area contributed by atoms with E-state index in [0.29, 0.717) is 6.61 Å². The molecule has 0 spiro atoms. The molecule has 1 aliphatic heterocycles. The smallest absolute Gasteiger partial charge is 0.309 e. The van der Waals surface area contributed by atoms with Gasteiger partial charge >= 0.3 is 5.97 Å². The number of carbonyl (C=O) groups excluding carboxylic acids is 1. The van der Waals surface area contributed by atoms with Gasteiger partial charge in [0.25, 0.3) is 0 Å². The zero-order valence-corrected chi connectivity index (χ0v) is 12.7. The highest BCUT2D eigenvalue weighted by molar-refractivity contribution is 5.77. The molecule has 0 fully saturated rings. The number of hydrogen-bond donors (Lipinski definition) is 0. The first kappa shape index (κ1) is 14.6. The van der Waals surface area contributed by atoms with Crippen LogP contribution in [-0.2, 0) is 9.53 Å².